The third-order valence-corrected chi connectivity index (χ3v) is 3.80. The quantitative estimate of drug-likeness (QED) is 0.379. The number of ether oxygens (including phenoxy) is 2. The molecule has 6 heteroatoms. The van der Waals surface area contributed by atoms with E-state index in [1.807, 2.05) is 6.07 Å². The average Bonchev–Trinajstić information content (AvgIpc) is 2.69. The summed E-state index contributed by atoms with van der Waals surface area (Å²) in [6, 6.07) is 15.6. The van der Waals surface area contributed by atoms with Crippen LogP contribution < -0.4 is 15.1 Å². The molecule has 0 saturated carbocycles. The highest BCUT2D eigenvalue weighted by atomic mass is 16.5. The molecule has 6 nitrogen and oxygen atoms in total. The standard InChI is InChI=1S/C21H15NO5/c1-25-20-16-7-2-3-8-18(16)27-21(24)19(20)17(23)10-9-14-5-4-6-15(13-14)26-12-11-22/h2-10,13H,12H2,1H3. The largest absolute Gasteiger partial charge is 0.495 e. The number of ketones is 1. The number of methoxy groups -OCH3 is 1. The van der Waals surface area contributed by atoms with Gasteiger partial charge in [0, 0.05) is 0 Å². The molecule has 0 aliphatic carbocycles. The van der Waals surface area contributed by atoms with Crippen LogP contribution in [0.1, 0.15) is 15.9 Å². The van der Waals surface area contributed by atoms with Gasteiger partial charge in [0.25, 0.3) is 0 Å². The number of para-hydroxylation sites is 1. The van der Waals surface area contributed by atoms with Crippen molar-refractivity contribution in [2.24, 2.45) is 0 Å². The summed E-state index contributed by atoms with van der Waals surface area (Å²) >= 11 is 0. The van der Waals surface area contributed by atoms with E-state index in [4.69, 9.17) is 19.2 Å². The minimum atomic E-state index is -0.758. The summed E-state index contributed by atoms with van der Waals surface area (Å²) in [5, 5.41) is 9.11. The zero-order valence-electron chi connectivity index (χ0n) is 14.5. The maximum Gasteiger partial charge on any atom is 0.351 e. The van der Waals surface area contributed by atoms with E-state index in [0.29, 0.717) is 22.3 Å². The van der Waals surface area contributed by atoms with Crippen LogP contribution in [0, 0.1) is 11.3 Å². The van der Waals surface area contributed by atoms with Crippen molar-refractivity contribution in [3.63, 3.8) is 0 Å². The van der Waals surface area contributed by atoms with Gasteiger partial charge in [0.05, 0.1) is 12.5 Å². The van der Waals surface area contributed by atoms with Crippen LogP contribution in [-0.2, 0) is 0 Å². The number of benzene rings is 2. The molecule has 0 unspecified atom stereocenters. The Morgan fingerprint density at radius 3 is 2.81 bits per heavy atom. The lowest BCUT2D eigenvalue weighted by molar-refractivity contribution is 0.104. The summed E-state index contributed by atoms with van der Waals surface area (Å²) in [5.74, 6) is 0.159. The number of rotatable bonds is 6. The van der Waals surface area contributed by atoms with E-state index in [1.54, 1.807) is 54.6 Å². The van der Waals surface area contributed by atoms with Gasteiger partial charge in [-0.05, 0) is 35.9 Å². The van der Waals surface area contributed by atoms with Gasteiger partial charge < -0.3 is 13.9 Å². The molecule has 1 aromatic heterocycles. The second-order valence-electron chi connectivity index (χ2n) is 5.51. The normalized spacial score (nSPS) is 10.7. The molecule has 2 aromatic carbocycles. The van der Waals surface area contributed by atoms with Crippen molar-refractivity contribution in [1.29, 1.82) is 5.26 Å². The predicted octanol–water partition coefficient (Wildman–Crippen LogP) is 3.60. The van der Waals surface area contributed by atoms with Crippen LogP contribution in [0.25, 0.3) is 17.0 Å². The second-order valence-corrected chi connectivity index (χ2v) is 5.51. The number of allylic oxidation sites excluding steroid dienone is 1. The zero-order valence-corrected chi connectivity index (χ0v) is 14.5. The highest BCUT2D eigenvalue weighted by Gasteiger charge is 2.20. The van der Waals surface area contributed by atoms with Gasteiger partial charge in [-0.1, -0.05) is 30.3 Å². The van der Waals surface area contributed by atoms with E-state index in [1.165, 1.54) is 13.2 Å². The maximum atomic E-state index is 12.6. The van der Waals surface area contributed by atoms with Gasteiger partial charge in [0.2, 0.25) is 0 Å². The summed E-state index contributed by atoms with van der Waals surface area (Å²) in [6.07, 6.45) is 2.82. The Morgan fingerprint density at radius 2 is 2.04 bits per heavy atom. The minimum absolute atomic E-state index is 0.0680. The van der Waals surface area contributed by atoms with Crippen molar-refractivity contribution in [3.8, 4) is 17.6 Å². The number of hydrogen-bond donors (Lipinski definition) is 0. The van der Waals surface area contributed by atoms with Crippen LogP contribution in [-0.4, -0.2) is 19.5 Å². The number of fused-ring (bicyclic) bond motifs is 1. The fraction of sp³-hybridized carbons (Fsp3) is 0.0952. The van der Waals surface area contributed by atoms with Gasteiger partial charge in [0.1, 0.15) is 28.7 Å². The summed E-state index contributed by atoms with van der Waals surface area (Å²) in [5.41, 5.74) is 0.112. The molecule has 0 bridgehead atoms. The lowest BCUT2D eigenvalue weighted by Gasteiger charge is -2.08. The Hall–Kier alpha value is -3.85. The Bertz CT molecular complexity index is 1120. The van der Waals surface area contributed by atoms with Crippen molar-refractivity contribution < 1.29 is 18.7 Å². The highest BCUT2D eigenvalue weighted by Crippen LogP contribution is 2.27. The predicted molar refractivity (Wildman–Crippen MR) is 100.0 cm³/mol. The first-order chi connectivity index (χ1) is 13.1. The molecule has 1 heterocycles. The third-order valence-electron chi connectivity index (χ3n) is 3.80. The summed E-state index contributed by atoms with van der Waals surface area (Å²) in [7, 11) is 1.40. The lowest BCUT2D eigenvalue weighted by Crippen LogP contribution is -2.14. The molecule has 0 aliphatic rings. The van der Waals surface area contributed by atoms with E-state index < -0.39 is 11.4 Å². The van der Waals surface area contributed by atoms with Crippen molar-refractivity contribution in [2.75, 3.05) is 13.7 Å². The Balaban J connectivity index is 1.95. The molecule has 0 N–H and O–H groups in total. The smallest absolute Gasteiger partial charge is 0.351 e. The minimum Gasteiger partial charge on any atom is -0.495 e. The molecule has 27 heavy (non-hydrogen) atoms. The van der Waals surface area contributed by atoms with E-state index in [0.717, 1.165) is 0 Å². The van der Waals surface area contributed by atoms with Gasteiger partial charge in [-0.3, -0.25) is 4.79 Å². The topological polar surface area (TPSA) is 89.5 Å². The summed E-state index contributed by atoms with van der Waals surface area (Å²) in [6.45, 7) is -0.0680. The fourth-order valence-corrected chi connectivity index (χ4v) is 2.62. The van der Waals surface area contributed by atoms with Gasteiger partial charge in [0.15, 0.2) is 12.4 Å². The number of nitrogens with zero attached hydrogens (tertiary/aromatic N) is 1. The van der Waals surface area contributed by atoms with Gasteiger partial charge in [-0.15, -0.1) is 0 Å². The molecule has 3 aromatic rings. The van der Waals surface area contributed by atoms with Crippen molar-refractivity contribution in [3.05, 3.63) is 76.2 Å². The van der Waals surface area contributed by atoms with Gasteiger partial charge in [-0.2, -0.15) is 5.26 Å². The molecule has 0 saturated heterocycles. The first-order valence-corrected chi connectivity index (χ1v) is 8.06. The average molecular weight is 361 g/mol. The van der Waals surface area contributed by atoms with Gasteiger partial charge >= 0.3 is 5.63 Å². The molecule has 134 valence electrons. The summed E-state index contributed by atoms with van der Waals surface area (Å²) in [4.78, 5) is 24.9. The van der Waals surface area contributed by atoms with Crippen LogP contribution in [0.15, 0.2) is 63.8 Å². The van der Waals surface area contributed by atoms with Crippen LogP contribution in [0.3, 0.4) is 0 Å². The molecular formula is C21H15NO5. The van der Waals surface area contributed by atoms with Crippen molar-refractivity contribution in [1.82, 2.24) is 0 Å². The van der Waals surface area contributed by atoms with Gasteiger partial charge in [-0.25, -0.2) is 4.79 Å². The van der Waals surface area contributed by atoms with E-state index in [9.17, 15) is 9.59 Å². The van der Waals surface area contributed by atoms with E-state index in [-0.39, 0.29) is 17.9 Å². The molecular weight excluding hydrogens is 346 g/mol. The number of carbonyl (C=O) groups is 1. The molecule has 3 rings (SSSR count). The van der Waals surface area contributed by atoms with E-state index >= 15 is 0 Å². The molecule has 0 radical (unpaired) electrons. The van der Waals surface area contributed by atoms with Crippen LogP contribution >= 0.6 is 0 Å². The molecule has 0 amide bonds. The second kappa shape index (κ2) is 8.02. The molecule has 0 atom stereocenters. The van der Waals surface area contributed by atoms with Crippen LogP contribution in [0.2, 0.25) is 0 Å². The Labute approximate surface area is 154 Å². The molecule has 0 aliphatic heterocycles. The SMILES string of the molecule is COc1c(C(=O)C=Cc2cccc(OCC#N)c2)c(=O)oc2ccccc12. The Morgan fingerprint density at radius 1 is 1.22 bits per heavy atom. The van der Waals surface area contributed by atoms with Crippen molar-refractivity contribution >= 4 is 22.8 Å². The molecule has 0 spiro atoms. The first kappa shape index (κ1) is 18.0. The number of carbonyl (C=O) groups excluding carboxylic acids is 1. The van der Waals surface area contributed by atoms with Crippen molar-refractivity contribution in [2.45, 2.75) is 0 Å². The fourth-order valence-electron chi connectivity index (χ4n) is 2.62. The maximum absolute atomic E-state index is 12.6. The number of hydrogen-bond acceptors (Lipinski definition) is 6. The first-order valence-electron chi connectivity index (χ1n) is 8.06. The Kier molecular flexibility index (Phi) is 5.33. The third kappa shape index (κ3) is 3.88. The number of nitriles is 1. The van der Waals surface area contributed by atoms with Crippen LogP contribution in [0.4, 0.5) is 0 Å². The monoisotopic (exact) mass is 361 g/mol. The van der Waals surface area contributed by atoms with Crippen LogP contribution in [0.5, 0.6) is 11.5 Å². The lowest BCUT2D eigenvalue weighted by atomic mass is 10.1. The summed E-state index contributed by atoms with van der Waals surface area (Å²) < 4.78 is 15.8. The molecule has 0 fully saturated rings. The zero-order chi connectivity index (χ0) is 19.2. The van der Waals surface area contributed by atoms with E-state index in [2.05, 4.69) is 0 Å². The highest BCUT2D eigenvalue weighted by molar-refractivity contribution is 6.10.